The fourth-order valence-corrected chi connectivity index (χ4v) is 1.90. The molecule has 3 rings (SSSR count). The second-order valence-corrected chi connectivity index (χ2v) is 4.50. The molecule has 0 spiro atoms. The van der Waals surface area contributed by atoms with Crippen LogP contribution >= 0.6 is 0 Å². The van der Waals surface area contributed by atoms with E-state index in [9.17, 15) is 0 Å². The summed E-state index contributed by atoms with van der Waals surface area (Å²) in [5, 5.41) is 18.6. The van der Waals surface area contributed by atoms with Gasteiger partial charge in [0.25, 0.3) is 0 Å². The third kappa shape index (κ3) is 2.88. The summed E-state index contributed by atoms with van der Waals surface area (Å²) in [6.45, 7) is 4.32. The van der Waals surface area contributed by atoms with Gasteiger partial charge in [-0.05, 0) is 35.5 Å². The second-order valence-electron chi connectivity index (χ2n) is 4.50. The molecule has 0 aliphatic carbocycles. The Morgan fingerprint density at radius 2 is 2.24 bits per heavy atom. The van der Waals surface area contributed by atoms with E-state index in [1.165, 1.54) is 0 Å². The summed E-state index contributed by atoms with van der Waals surface area (Å²) >= 11 is 0. The number of aromatic nitrogens is 6. The Morgan fingerprint density at radius 1 is 1.33 bits per heavy atom. The van der Waals surface area contributed by atoms with Crippen LogP contribution in [0.4, 0.5) is 5.69 Å². The van der Waals surface area contributed by atoms with Gasteiger partial charge in [0.05, 0.1) is 12.2 Å². The molecule has 0 aliphatic heterocycles. The molecule has 8 heteroatoms. The van der Waals surface area contributed by atoms with Gasteiger partial charge in [-0.3, -0.25) is 0 Å². The fourth-order valence-electron chi connectivity index (χ4n) is 1.90. The summed E-state index contributed by atoms with van der Waals surface area (Å²) in [5.41, 5.74) is 1.82. The first kappa shape index (κ1) is 13.2. The molecular formula is C13H15N7O. The molecule has 2 aromatic heterocycles. The van der Waals surface area contributed by atoms with Crippen molar-refractivity contribution in [2.24, 2.45) is 0 Å². The zero-order chi connectivity index (χ0) is 14.7. The van der Waals surface area contributed by atoms with Gasteiger partial charge in [0, 0.05) is 12.1 Å². The molecule has 0 atom stereocenters. The molecule has 0 saturated heterocycles. The van der Waals surface area contributed by atoms with Crippen molar-refractivity contribution < 1.29 is 4.52 Å². The van der Waals surface area contributed by atoms with E-state index >= 15 is 0 Å². The monoisotopic (exact) mass is 285 g/mol. The number of rotatable bonds is 5. The molecule has 8 nitrogen and oxygen atoms in total. The van der Waals surface area contributed by atoms with Gasteiger partial charge in [-0.2, -0.15) is 9.67 Å². The molecule has 3 aromatic rings. The van der Waals surface area contributed by atoms with Crippen LogP contribution in [0, 0.1) is 6.92 Å². The second kappa shape index (κ2) is 5.70. The topological polar surface area (TPSA) is 94.6 Å². The molecule has 21 heavy (non-hydrogen) atoms. The maximum Gasteiger partial charge on any atom is 0.245 e. The minimum absolute atomic E-state index is 0.477. The van der Waals surface area contributed by atoms with Gasteiger partial charge in [-0.15, -0.1) is 5.10 Å². The number of nitrogens with one attached hydrogen (secondary N) is 1. The predicted molar refractivity (Wildman–Crippen MR) is 74.9 cm³/mol. The Hall–Kier alpha value is -2.77. The average Bonchev–Trinajstić information content (AvgIpc) is 3.14. The van der Waals surface area contributed by atoms with Gasteiger partial charge in [0.15, 0.2) is 11.6 Å². The Balaban J connectivity index is 1.73. The summed E-state index contributed by atoms with van der Waals surface area (Å²) in [4.78, 5) is 4.25. The quantitative estimate of drug-likeness (QED) is 0.759. The summed E-state index contributed by atoms with van der Waals surface area (Å²) < 4.78 is 6.81. The summed E-state index contributed by atoms with van der Waals surface area (Å²) in [6.07, 6.45) is 0.761. The number of anilines is 1. The van der Waals surface area contributed by atoms with Crippen molar-refractivity contribution in [3.05, 3.63) is 41.8 Å². The van der Waals surface area contributed by atoms with Gasteiger partial charge >= 0.3 is 0 Å². The lowest BCUT2D eigenvalue weighted by molar-refractivity contribution is 0.378. The highest BCUT2D eigenvalue weighted by molar-refractivity contribution is 5.50. The number of benzene rings is 1. The van der Waals surface area contributed by atoms with Crippen molar-refractivity contribution >= 4 is 5.69 Å². The third-order valence-corrected chi connectivity index (χ3v) is 2.99. The van der Waals surface area contributed by atoms with E-state index < -0.39 is 0 Å². The van der Waals surface area contributed by atoms with Crippen LogP contribution in [0.15, 0.2) is 28.8 Å². The molecule has 0 aliphatic rings. The molecule has 0 radical (unpaired) electrons. The molecule has 2 heterocycles. The molecule has 0 saturated carbocycles. The number of tetrazole rings is 1. The van der Waals surface area contributed by atoms with Crippen molar-refractivity contribution in [2.75, 3.05) is 5.32 Å². The van der Waals surface area contributed by atoms with Crippen LogP contribution in [-0.2, 0) is 13.0 Å². The van der Waals surface area contributed by atoms with Crippen LogP contribution in [0.3, 0.4) is 0 Å². The molecular weight excluding hydrogens is 270 g/mol. The zero-order valence-electron chi connectivity index (χ0n) is 11.8. The van der Waals surface area contributed by atoms with E-state index in [0.717, 1.165) is 23.6 Å². The molecule has 108 valence electrons. The zero-order valence-corrected chi connectivity index (χ0v) is 11.8. The van der Waals surface area contributed by atoms with Crippen molar-refractivity contribution in [1.82, 2.24) is 30.3 Å². The van der Waals surface area contributed by atoms with E-state index in [2.05, 4.69) is 31.0 Å². The maximum absolute atomic E-state index is 5.14. The van der Waals surface area contributed by atoms with Crippen LogP contribution in [-0.4, -0.2) is 30.3 Å². The minimum atomic E-state index is 0.477. The first-order chi connectivity index (χ1) is 10.3. The lowest BCUT2D eigenvalue weighted by atomic mass is 10.2. The highest BCUT2D eigenvalue weighted by atomic mass is 16.5. The smallest absolute Gasteiger partial charge is 0.245 e. The molecule has 0 unspecified atom stereocenters. The Morgan fingerprint density at radius 3 is 2.95 bits per heavy atom. The molecule has 1 N–H and O–H groups in total. The lowest BCUT2D eigenvalue weighted by Crippen LogP contribution is -2.03. The van der Waals surface area contributed by atoms with Gasteiger partial charge < -0.3 is 9.84 Å². The highest BCUT2D eigenvalue weighted by Crippen LogP contribution is 2.15. The summed E-state index contributed by atoms with van der Waals surface area (Å²) in [7, 11) is 0. The van der Waals surface area contributed by atoms with Gasteiger partial charge in [0.1, 0.15) is 0 Å². The van der Waals surface area contributed by atoms with E-state index in [4.69, 9.17) is 4.52 Å². The Bertz CT molecular complexity index is 733. The lowest BCUT2D eigenvalue weighted by Gasteiger charge is -2.06. The third-order valence-electron chi connectivity index (χ3n) is 2.99. The van der Waals surface area contributed by atoms with Gasteiger partial charge in [-0.1, -0.05) is 18.1 Å². The van der Waals surface area contributed by atoms with Crippen LogP contribution in [0.25, 0.3) is 5.69 Å². The Labute approximate surface area is 121 Å². The predicted octanol–water partition coefficient (Wildman–Crippen LogP) is 1.53. The molecule has 1 aromatic carbocycles. The normalized spacial score (nSPS) is 10.8. The number of aryl methyl sites for hydroxylation is 2. The summed E-state index contributed by atoms with van der Waals surface area (Å²) in [6, 6.07) is 7.79. The van der Waals surface area contributed by atoms with Gasteiger partial charge in [-0.25, -0.2) is 0 Å². The summed E-state index contributed by atoms with van der Waals surface area (Å²) in [5.74, 6) is 2.01. The van der Waals surface area contributed by atoms with Crippen molar-refractivity contribution in [3.63, 3.8) is 0 Å². The number of hydrogen-bond acceptors (Lipinski definition) is 7. The van der Waals surface area contributed by atoms with E-state index in [1.807, 2.05) is 38.1 Å². The molecule has 0 fully saturated rings. The first-order valence-corrected chi connectivity index (χ1v) is 6.67. The molecule has 0 amide bonds. The molecule has 0 bridgehead atoms. The van der Waals surface area contributed by atoms with Crippen LogP contribution in [0.2, 0.25) is 0 Å². The Kier molecular flexibility index (Phi) is 3.59. The van der Waals surface area contributed by atoms with Crippen LogP contribution in [0.1, 0.15) is 24.5 Å². The van der Waals surface area contributed by atoms with Gasteiger partial charge in [0.2, 0.25) is 5.89 Å². The minimum Gasteiger partial charge on any atom is -0.376 e. The van der Waals surface area contributed by atoms with Crippen molar-refractivity contribution in [3.8, 4) is 5.69 Å². The van der Waals surface area contributed by atoms with E-state index in [-0.39, 0.29) is 0 Å². The standard InChI is InChI=1S/C13H15N7O/c1-3-12-15-13(21-17-12)8-14-10-5-4-6-11(7-10)20-9(2)16-18-19-20/h4-7,14H,3,8H2,1-2H3. The van der Waals surface area contributed by atoms with Crippen LogP contribution in [0.5, 0.6) is 0 Å². The van der Waals surface area contributed by atoms with E-state index in [0.29, 0.717) is 18.3 Å². The first-order valence-electron chi connectivity index (χ1n) is 6.67. The number of hydrogen-bond donors (Lipinski definition) is 1. The van der Waals surface area contributed by atoms with Crippen LogP contribution < -0.4 is 5.32 Å². The largest absolute Gasteiger partial charge is 0.376 e. The average molecular weight is 285 g/mol. The maximum atomic E-state index is 5.14. The van der Waals surface area contributed by atoms with E-state index in [1.54, 1.807) is 4.68 Å². The fraction of sp³-hybridized carbons (Fsp3) is 0.308. The highest BCUT2D eigenvalue weighted by Gasteiger charge is 2.06. The SMILES string of the molecule is CCc1noc(CNc2cccc(-n3nnnc3C)c2)n1. The van der Waals surface area contributed by atoms with Crippen molar-refractivity contribution in [1.29, 1.82) is 0 Å². The van der Waals surface area contributed by atoms with Crippen molar-refractivity contribution in [2.45, 2.75) is 26.8 Å². The number of nitrogens with zero attached hydrogens (tertiary/aromatic N) is 6.